The molecule has 0 aliphatic carbocycles. The number of H-pyrrole nitrogens is 1. The molecule has 0 aliphatic rings. The molecule has 0 aromatic carbocycles. The van der Waals surface area contributed by atoms with Crippen molar-refractivity contribution in [2.75, 3.05) is 12.4 Å². The van der Waals surface area contributed by atoms with Gasteiger partial charge in [0.25, 0.3) is 5.91 Å². The SMILES string of the molecule is CCc1sc(C(=O)Nc2nc(-c3c[nH]c(C(=O)OC)c3)cs2)cc1C. The molecular weight excluding hydrogens is 358 g/mol. The van der Waals surface area contributed by atoms with Crippen molar-refractivity contribution >= 4 is 39.7 Å². The number of thiazole rings is 1. The summed E-state index contributed by atoms with van der Waals surface area (Å²) in [5.74, 6) is -0.590. The average molecular weight is 375 g/mol. The number of aromatic amines is 1. The van der Waals surface area contributed by atoms with Gasteiger partial charge in [-0.1, -0.05) is 6.92 Å². The van der Waals surface area contributed by atoms with Crippen LogP contribution in [0.4, 0.5) is 5.13 Å². The normalized spacial score (nSPS) is 10.7. The Morgan fingerprint density at radius 2 is 2.16 bits per heavy atom. The molecule has 25 heavy (non-hydrogen) atoms. The molecule has 6 nitrogen and oxygen atoms in total. The number of anilines is 1. The number of thiophene rings is 1. The van der Waals surface area contributed by atoms with Crippen LogP contribution in [0.2, 0.25) is 0 Å². The number of carbonyl (C=O) groups excluding carboxylic acids is 2. The topological polar surface area (TPSA) is 84.1 Å². The summed E-state index contributed by atoms with van der Waals surface area (Å²) in [6, 6.07) is 3.57. The van der Waals surface area contributed by atoms with Gasteiger partial charge in [0.1, 0.15) is 5.69 Å². The van der Waals surface area contributed by atoms with Crippen LogP contribution >= 0.6 is 22.7 Å². The van der Waals surface area contributed by atoms with Gasteiger partial charge in [0.15, 0.2) is 5.13 Å². The molecule has 0 atom stereocenters. The first-order chi connectivity index (χ1) is 12.0. The summed E-state index contributed by atoms with van der Waals surface area (Å²) in [7, 11) is 1.33. The zero-order chi connectivity index (χ0) is 18.0. The van der Waals surface area contributed by atoms with E-state index in [0.29, 0.717) is 21.4 Å². The molecule has 1 amide bonds. The van der Waals surface area contributed by atoms with E-state index in [1.165, 1.54) is 34.7 Å². The van der Waals surface area contributed by atoms with Crippen LogP contribution in [-0.4, -0.2) is 29.0 Å². The fraction of sp³-hybridized carbons (Fsp3) is 0.235. The van der Waals surface area contributed by atoms with Crippen LogP contribution in [0, 0.1) is 6.92 Å². The van der Waals surface area contributed by atoms with Crippen molar-refractivity contribution in [1.29, 1.82) is 0 Å². The molecule has 130 valence electrons. The Labute approximate surface area is 152 Å². The van der Waals surface area contributed by atoms with Crippen molar-refractivity contribution in [3.05, 3.63) is 44.7 Å². The van der Waals surface area contributed by atoms with Gasteiger partial charge in [-0.05, 0) is 31.0 Å². The summed E-state index contributed by atoms with van der Waals surface area (Å²) >= 11 is 2.85. The molecule has 0 bridgehead atoms. The van der Waals surface area contributed by atoms with E-state index in [-0.39, 0.29) is 5.91 Å². The molecule has 0 fully saturated rings. The number of rotatable bonds is 5. The molecule has 2 N–H and O–H groups in total. The molecule has 3 aromatic heterocycles. The molecule has 3 rings (SSSR count). The first kappa shape index (κ1) is 17.4. The standard InChI is InChI=1S/C17H17N3O3S2/c1-4-13-9(2)5-14(25-13)15(21)20-17-19-12(8-24-17)10-6-11(18-7-10)16(22)23-3/h5-8,18H,4H2,1-3H3,(H,19,20,21). The van der Waals surface area contributed by atoms with Crippen LogP contribution < -0.4 is 5.32 Å². The minimum absolute atomic E-state index is 0.155. The molecule has 3 heterocycles. The lowest BCUT2D eigenvalue weighted by molar-refractivity contribution is 0.0594. The maximum Gasteiger partial charge on any atom is 0.354 e. The lowest BCUT2D eigenvalue weighted by atomic mass is 10.2. The predicted molar refractivity (Wildman–Crippen MR) is 99.6 cm³/mol. The van der Waals surface area contributed by atoms with E-state index in [9.17, 15) is 9.59 Å². The van der Waals surface area contributed by atoms with E-state index in [0.717, 1.165) is 17.5 Å². The van der Waals surface area contributed by atoms with Gasteiger partial charge in [-0.3, -0.25) is 10.1 Å². The van der Waals surface area contributed by atoms with Crippen LogP contribution in [0.5, 0.6) is 0 Å². The maximum atomic E-state index is 12.4. The number of nitrogens with one attached hydrogen (secondary N) is 2. The number of methoxy groups -OCH3 is 1. The second-order valence-electron chi connectivity index (χ2n) is 5.36. The summed E-state index contributed by atoms with van der Waals surface area (Å²) in [5.41, 5.74) is 2.94. The van der Waals surface area contributed by atoms with Gasteiger partial charge in [-0.15, -0.1) is 22.7 Å². The Morgan fingerprint density at radius 3 is 2.84 bits per heavy atom. The number of amides is 1. The number of carbonyl (C=O) groups is 2. The van der Waals surface area contributed by atoms with E-state index >= 15 is 0 Å². The molecule has 8 heteroatoms. The van der Waals surface area contributed by atoms with Gasteiger partial charge in [0.05, 0.1) is 17.7 Å². The second kappa shape index (κ2) is 7.20. The Bertz CT molecular complexity index is 923. The van der Waals surface area contributed by atoms with Gasteiger partial charge in [0.2, 0.25) is 0 Å². The van der Waals surface area contributed by atoms with Crippen molar-refractivity contribution < 1.29 is 14.3 Å². The van der Waals surface area contributed by atoms with E-state index in [1.54, 1.807) is 12.3 Å². The van der Waals surface area contributed by atoms with Crippen molar-refractivity contribution in [1.82, 2.24) is 9.97 Å². The van der Waals surface area contributed by atoms with Crippen LogP contribution in [0.1, 0.15) is 37.5 Å². The van der Waals surface area contributed by atoms with E-state index in [2.05, 4.69) is 26.9 Å². The highest BCUT2D eigenvalue weighted by Gasteiger charge is 2.15. The fourth-order valence-corrected chi connectivity index (χ4v) is 4.10. The first-order valence-corrected chi connectivity index (χ1v) is 9.34. The number of hydrogen-bond acceptors (Lipinski definition) is 6. The molecule has 0 saturated carbocycles. The molecular formula is C17H17N3O3S2. The zero-order valence-corrected chi connectivity index (χ0v) is 15.6. The quantitative estimate of drug-likeness (QED) is 0.657. The predicted octanol–water partition coefficient (Wildman–Crippen LogP) is 4.11. The highest BCUT2D eigenvalue weighted by atomic mass is 32.1. The summed E-state index contributed by atoms with van der Waals surface area (Å²) < 4.78 is 4.67. The minimum atomic E-state index is -0.435. The molecule has 0 radical (unpaired) electrons. The number of nitrogens with zero attached hydrogens (tertiary/aromatic N) is 1. The van der Waals surface area contributed by atoms with E-state index < -0.39 is 5.97 Å². The van der Waals surface area contributed by atoms with E-state index in [1.807, 2.05) is 18.4 Å². The number of ether oxygens (including phenoxy) is 1. The highest BCUT2D eigenvalue weighted by molar-refractivity contribution is 7.15. The number of aryl methyl sites for hydroxylation is 2. The van der Waals surface area contributed by atoms with Gasteiger partial charge in [-0.2, -0.15) is 0 Å². The Kier molecular flexibility index (Phi) is 5.00. The average Bonchev–Trinajstić information content (AvgIpc) is 3.32. The Morgan fingerprint density at radius 1 is 1.36 bits per heavy atom. The van der Waals surface area contributed by atoms with Crippen molar-refractivity contribution in [3.63, 3.8) is 0 Å². The third-order valence-electron chi connectivity index (χ3n) is 3.67. The molecule has 0 saturated heterocycles. The summed E-state index contributed by atoms with van der Waals surface area (Å²) in [4.78, 5) is 33.0. The summed E-state index contributed by atoms with van der Waals surface area (Å²) in [6.45, 7) is 4.09. The highest BCUT2D eigenvalue weighted by Crippen LogP contribution is 2.27. The number of aromatic nitrogens is 2. The van der Waals surface area contributed by atoms with Crippen LogP contribution in [0.25, 0.3) is 11.3 Å². The van der Waals surface area contributed by atoms with Crippen LogP contribution in [0.15, 0.2) is 23.7 Å². The van der Waals surface area contributed by atoms with Gasteiger partial charge in [0, 0.05) is 22.0 Å². The first-order valence-electron chi connectivity index (χ1n) is 7.65. The third kappa shape index (κ3) is 3.64. The maximum absolute atomic E-state index is 12.4. The Balaban J connectivity index is 1.74. The van der Waals surface area contributed by atoms with Gasteiger partial charge >= 0.3 is 5.97 Å². The fourth-order valence-electron chi connectivity index (χ4n) is 2.38. The van der Waals surface area contributed by atoms with Gasteiger partial charge < -0.3 is 9.72 Å². The summed E-state index contributed by atoms with van der Waals surface area (Å²) in [6.07, 6.45) is 2.60. The second-order valence-corrected chi connectivity index (χ2v) is 7.35. The monoisotopic (exact) mass is 375 g/mol. The van der Waals surface area contributed by atoms with Crippen molar-refractivity contribution in [3.8, 4) is 11.3 Å². The number of hydrogen-bond donors (Lipinski definition) is 2. The molecule has 3 aromatic rings. The zero-order valence-electron chi connectivity index (χ0n) is 14.0. The van der Waals surface area contributed by atoms with Crippen LogP contribution in [0.3, 0.4) is 0 Å². The third-order valence-corrected chi connectivity index (χ3v) is 5.81. The summed E-state index contributed by atoms with van der Waals surface area (Å²) in [5, 5.41) is 5.18. The lowest BCUT2D eigenvalue weighted by Gasteiger charge is -1.98. The van der Waals surface area contributed by atoms with Crippen molar-refractivity contribution in [2.24, 2.45) is 0 Å². The Hall–Kier alpha value is -2.45. The lowest BCUT2D eigenvalue weighted by Crippen LogP contribution is -2.09. The van der Waals surface area contributed by atoms with Gasteiger partial charge in [-0.25, -0.2) is 9.78 Å². The minimum Gasteiger partial charge on any atom is -0.464 e. The van der Waals surface area contributed by atoms with Crippen LogP contribution in [-0.2, 0) is 11.2 Å². The largest absolute Gasteiger partial charge is 0.464 e. The molecule has 0 unspecified atom stereocenters. The van der Waals surface area contributed by atoms with Crippen molar-refractivity contribution in [2.45, 2.75) is 20.3 Å². The number of esters is 1. The molecule has 0 spiro atoms. The van der Waals surface area contributed by atoms with E-state index in [4.69, 9.17) is 0 Å². The smallest absolute Gasteiger partial charge is 0.354 e. The molecule has 0 aliphatic heterocycles.